The minimum atomic E-state index is 0. The first-order valence-corrected chi connectivity index (χ1v) is 4.07. The predicted molar refractivity (Wildman–Crippen MR) is 56.8 cm³/mol. The summed E-state index contributed by atoms with van der Waals surface area (Å²) in [6, 6.07) is 14.5. The van der Waals surface area contributed by atoms with Crippen LogP contribution in [-0.4, -0.2) is 23.1 Å². The van der Waals surface area contributed by atoms with E-state index in [0.717, 1.165) is 0 Å². The summed E-state index contributed by atoms with van der Waals surface area (Å²) < 4.78 is 0. The zero-order valence-electron chi connectivity index (χ0n) is 9.55. The van der Waals surface area contributed by atoms with Gasteiger partial charge in [-0.05, 0) is 0 Å². The van der Waals surface area contributed by atoms with Gasteiger partial charge in [0.05, 0.1) is 0 Å². The maximum atomic E-state index is 3.34. The molecule has 0 bridgehead atoms. The first-order valence-electron chi connectivity index (χ1n) is 4.07. The van der Waals surface area contributed by atoms with Crippen molar-refractivity contribution in [1.29, 1.82) is 0 Å². The number of hydrogen-bond acceptors (Lipinski definition) is 0. The molecule has 16 heavy (non-hydrogen) atoms. The van der Waals surface area contributed by atoms with Crippen molar-refractivity contribution >= 4 is 33.8 Å². The summed E-state index contributed by atoms with van der Waals surface area (Å²) in [4.78, 5) is 0. The molecule has 4 heteroatoms. The number of halogens is 1. The molecule has 0 unspecified atom stereocenters. The molecule has 0 spiro atoms. The third-order valence-corrected chi connectivity index (χ3v) is 2.18. The fourth-order valence-corrected chi connectivity index (χ4v) is 1.32. The van der Waals surface area contributed by atoms with Crippen LogP contribution < -0.4 is 17.0 Å². The molecular weight excluding hydrogens is 426 g/mol. The van der Waals surface area contributed by atoms with Gasteiger partial charge in [-0.25, -0.2) is 0 Å². The number of hydrogen-bond donors (Lipinski definition) is 0. The summed E-state index contributed by atoms with van der Waals surface area (Å²) >= 11 is 0. The summed E-state index contributed by atoms with van der Waals surface area (Å²) in [6.45, 7) is 4.20. The van der Waals surface area contributed by atoms with Gasteiger partial charge >= 0.3 is 23.1 Å². The van der Waals surface area contributed by atoms with Gasteiger partial charge in [-0.3, -0.25) is 0 Å². The third-order valence-electron chi connectivity index (χ3n) is 2.18. The van der Waals surface area contributed by atoms with Crippen molar-refractivity contribution in [1.82, 2.24) is 0 Å². The molecule has 0 fully saturated rings. The fraction of sp³-hybridized carbons (Fsp3) is 0.167. The van der Waals surface area contributed by atoms with Crippen LogP contribution in [0.4, 0.5) is 0 Å². The van der Waals surface area contributed by atoms with Crippen molar-refractivity contribution in [2.75, 3.05) is 0 Å². The van der Waals surface area contributed by atoms with Crippen molar-refractivity contribution in [3.05, 3.63) is 47.5 Å². The van der Waals surface area contributed by atoms with Gasteiger partial charge in [0.15, 0.2) is 0 Å². The van der Waals surface area contributed by atoms with Crippen LogP contribution in [0.1, 0.15) is 11.1 Å². The second kappa shape index (κ2) is 11.0. The largest absolute Gasteiger partial charge is 2.00 e. The van der Waals surface area contributed by atoms with Crippen LogP contribution in [0.5, 0.6) is 0 Å². The van der Waals surface area contributed by atoms with Gasteiger partial charge in [0.25, 0.3) is 0 Å². The van der Waals surface area contributed by atoms with E-state index in [1.54, 1.807) is 0 Å². The molecule has 0 aliphatic heterocycles. The van der Waals surface area contributed by atoms with Crippen molar-refractivity contribution < 1.29 is 82.4 Å². The Bertz CT molecular complexity index is 392. The summed E-state index contributed by atoms with van der Waals surface area (Å²) in [5, 5.41) is 2.40. The summed E-state index contributed by atoms with van der Waals surface area (Å²) in [6.07, 6.45) is 0. The molecule has 0 saturated carbocycles. The van der Waals surface area contributed by atoms with Gasteiger partial charge in [-0.1, -0.05) is 13.8 Å². The van der Waals surface area contributed by atoms with Crippen LogP contribution in [0.3, 0.4) is 0 Å². The van der Waals surface area contributed by atoms with Gasteiger partial charge < -0.3 is 17.0 Å². The monoisotopic (exact) mass is 435 g/mol. The second-order valence-corrected chi connectivity index (χ2v) is 3.09. The van der Waals surface area contributed by atoms with E-state index in [0.29, 0.717) is 0 Å². The maximum Gasteiger partial charge on any atom is 2.00 e. The average Bonchev–Trinajstić information content (AvgIpc) is 2.07. The van der Waals surface area contributed by atoms with Gasteiger partial charge in [0.2, 0.25) is 0 Å². The number of fused-ring (bicyclic) bond motifs is 1. The molecule has 0 nitrogen and oxygen atoms in total. The van der Waals surface area contributed by atoms with Crippen molar-refractivity contribution in [2.45, 2.75) is 13.8 Å². The van der Waals surface area contributed by atoms with E-state index in [1.807, 2.05) is 18.2 Å². The zero-order chi connectivity index (χ0) is 8.55. The van der Waals surface area contributed by atoms with Crippen LogP contribution in [0.2, 0.25) is 0 Å². The van der Waals surface area contributed by atoms with Crippen molar-refractivity contribution in [3.63, 3.8) is 0 Å². The van der Waals surface area contributed by atoms with Crippen LogP contribution in [0.15, 0.2) is 24.3 Å². The summed E-state index contributed by atoms with van der Waals surface area (Å²) in [5.41, 5.74) is 2.52. The molecule has 2 rings (SSSR count). The topological polar surface area (TPSA) is 0 Å². The quantitative estimate of drug-likeness (QED) is 0.393. The standard InChI is InChI=1S/C12H10.BrH.Mg.2Y/c1-9-7-11-5-3-4-6-12(11)8-10(9)2;;;;/h3,5-6,8H,1-2H3;1H;;;/q-2;;+2;;/p-1. The Labute approximate surface area is 174 Å². The molecule has 0 atom stereocenters. The fourth-order valence-electron chi connectivity index (χ4n) is 1.32. The normalized spacial score (nSPS) is 7.88. The molecule has 2 aromatic rings. The van der Waals surface area contributed by atoms with E-state index in [4.69, 9.17) is 0 Å². The van der Waals surface area contributed by atoms with E-state index in [1.165, 1.54) is 21.9 Å². The number of benzene rings is 2. The smallest absolute Gasteiger partial charge is 1.00 e. The molecule has 2 radical (unpaired) electrons. The minimum absolute atomic E-state index is 0. The van der Waals surface area contributed by atoms with Gasteiger partial charge in [-0.15, -0.1) is 28.6 Å². The van der Waals surface area contributed by atoms with E-state index in [9.17, 15) is 0 Å². The molecule has 0 aliphatic rings. The summed E-state index contributed by atoms with van der Waals surface area (Å²) in [5.74, 6) is 0. The van der Waals surface area contributed by atoms with Crippen LogP contribution in [0.25, 0.3) is 10.8 Å². The van der Waals surface area contributed by atoms with Gasteiger partial charge in [-0.2, -0.15) is 29.7 Å². The number of aryl methyl sites for hydroxylation is 2. The predicted octanol–water partition coefficient (Wildman–Crippen LogP) is -0.325. The van der Waals surface area contributed by atoms with Crippen LogP contribution >= 0.6 is 0 Å². The molecule has 0 N–H and O–H groups in total. The Balaban J connectivity index is -0.000000422. The van der Waals surface area contributed by atoms with Gasteiger partial charge in [0, 0.05) is 65.4 Å². The molecule has 74 valence electrons. The number of rotatable bonds is 0. The molecule has 0 aliphatic carbocycles. The van der Waals surface area contributed by atoms with E-state index in [-0.39, 0.29) is 105 Å². The Kier molecular flexibility index (Phi) is 16.0. The Morgan fingerprint density at radius 1 is 1.12 bits per heavy atom. The SMILES string of the molecule is Cc1[c-]c2cc[c-]cc2cc1C.[Br-].[Mg+2].[Y].[Y]. The van der Waals surface area contributed by atoms with Crippen molar-refractivity contribution in [3.8, 4) is 0 Å². The van der Waals surface area contributed by atoms with Crippen molar-refractivity contribution in [2.24, 2.45) is 0 Å². The zero-order valence-corrected chi connectivity index (χ0v) is 18.2. The molecular formula is C12H10BrMgY2-. The molecule has 0 amide bonds. The summed E-state index contributed by atoms with van der Waals surface area (Å²) in [7, 11) is 0. The first-order chi connectivity index (χ1) is 5.77. The molecule has 0 heterocycles. The maximum absolute atomic E-state index is 3.34. The van der Waals surface area contributed by atoms with Crippen LogP contribution in [-0.2, 0) is 65.4 Å². The average molecular weight is 436 g/mol. The molecule has 0 saturated heterocycles. The Morgan fingerprint density at radius 3 is 2.38 bits per heavy atom. The van der Waals surface area contributed by atoms with E-state index >= 15 is 0 Å². The third kappa shape index (κ3) is 5.86. The molecule has 0 aromatic heterocycles. The Morgan fingerprint density at radius 2 is 1.75 bits per heavy atom. The Hall–Kier alpha value is 2.15. The first kappa shape index (κ1) is 23.3. The van der Waals surface area contributed by atoms with Crippen LogP contribution in [0, 0.1) is 26.0 Å². The van der Waals surface area contributed by atoms with E-state index in [2.05, 4.69) is 32.0 Å². The minimum Gasteiger partial charge on any atom is -1.00 e. The van der Waals surface area contributed by atoms with Gasteiger partial charge in [0.1, 0.15) is 0 Å². The second-order valence-electron chi connectivity index (χ2n) is 3.09. The van der Waals surface area contributed by atoms with E-state index < -0.39 is 0 Å². The molecule has 2 aromatic carbocycles.